The van der Waals surface area contributed by atoms with E-state index < -0.39 is 0 Å². The van der Waals surface area contributed by atoms with Crippen LogP contribution >= 0.6 is 23.4 Å². The zero-order valence-corrected chi connectivity index (χ0v) is 19.9. The van der Waals surface area contributed by atoms with Crippen LogP contribution in [0.2, 0.25) is 5.02 Å². The van der Waals surface area contributed by atoms with Crippen molar-refractivity contribution in [3.8, 4) is 11.3 Å². The largest absolute Gasteiger partial charge is 0.460 e. The average Bonchev–Trinajstić information content (AvgIpc) is 3.55. The van der Waals surface area contributed by atoms with Gasteiger partial charge in [0.25, 0.3) is 0 Å². The van der Waals surface area contributed by atoms with Crippen LogP contribution in [0.5, 0.6) is 0 Å². The molecule has 170 valence electrons. The van der Waals surface area contributed by atoms with Crippen molar-refractivity contribution in [1.82, 2.24) is 19.7 Å². The van der Waals surface area contributed by atoms with E-state index in [1.54, 1.807) is 11.8 Å². The third kappa shape index (κ3) is 5.06. The Bertz CT molecular complexity index is 1040. The van der Waals surface area contributed by atoms with E-state index in [0.717, 1.165) is 84.3 Å². The van der Waals surface area contributed by atoms with E-state index in [1.165, 1.54) is 6.42 Å². The lowest BCUT2D eigenvalue weighted by molar-refractivity contribution is 0.129. The van der Waals surface area contributed by atoms with Gasteiger partial charge in [0, 0.05) is 35.9 Å². The van der Waals surface area contributed by atoms with E-state index >= 15 is 0 Å². The van der Waals surface area contributed by atoms with E-state index in [1.807, 2.05) is 30.3 Å². The molecule has 1 aromatic carbocycles. The van der Waals surface area contributed by atoms with Gasteiger partial charge in [0.15, 0.2) is 5.16 Å². The zero-order chi connectivity index (χ0) is 21.9. The minimum atomic E-state index is 0.365. The predicted molar refractivity (Wildman–Crippen MR) is 127 cm³/mol. The lowest BCUT2D eigenvalue weighted by atomic mass is 9.96. The van der Waals surface area contributed by atoms with Crippen LogP contribution < -0.4 is 0 Å². The van der Waals surface area contributed by atoms with Crippen molar-refractivity contribution in [3.05, 3.63) is 53.0 Å². The van der Waals surface area contributed by atoms with Crippen molar-refractivity contribution >= 4 is 23.4 Å². The summed E-state index contributed by atoms with van der Waals surface area (Å²) in [6, 6.07) is 11.9. The first-order valence-corrected chi connectivity index (χ1v) is 12.7. The Labute approximate surface area is 198 Å². The van der Waals surface area contributed by atoms with Gasteiger partial charge in [-0.05, 0) is 63.0 Å². The van der Waals surface area contributed by atoms with Crippen LogP contribution in [0.15, 0.2) is 46.0 Å². The lowest BCUT2D eigenvalue weighted by Gasteiger charge is -2.30. The highest BCUT2D eigenvalue weighted by Crippen LogP contribution is 2.31. The minimum absolute atomic E-state index is 0.365. The van der Waals surface area contributed by atoms with Crippen LogP contribution in [-0.4, -0.2) is 51.2 Å². The maximum Gasteiger partial charge on any atom is 0.191 e. The number of benzene rings is 1. The standard InChI is InChI=1S/C24H29ClN4O2S/c1-28-23(26-27-24(28)32-16-21-6-3-13-30-21)17-9-11-29(12-10-17)15-20-7-8-22(31-20)18-4-2-5-19(25)14-18/h2,4-5,7-8,14,17,21H,3,6,9-13,15-16H2,1H3/t21-/m0/s1. The third-order valence-corrected chi connectivity index (χ3v) is 7.78. The summed E-state index contributed by atoms with van der Waals surface area (Å²) in [5.41, 5.74) is 1.01. The van der Waals surface area contributed by atoms with Gasteiger partial charge in [0.05, 0.1) is 12.6 Å². The molecule has 2 aromatic heterocycles. The Morgan fingerprint density at radius 1 is 1.12 bits per heavy atom. The molecule has 2 saturated heterocycles. The summed E-state index contributed by atoms with van der Waals surface area (Å²) >= 11 is 7.88. The maximum absolute atomic E-state index is 6.11. The quantitative estimate of drug-likeness (QED) is 0.430. The van der Waals surface area contributed by atoms with Crippen molar-refractivity contribution in [2.75, 3.05) is 25.4 Å². The van der Waals surface area contributed by atoms with E-state index in [4.69, 9.17) is 20.8 Å². The molecular weight excluding hydrogens is 444 g/mol. The molecule has 0 unspecified atom stereocenters. The number of nitrogens with zero attached hydrogens (tertiary/aromatic N) is 4. The molecule has 0 aliphatic carbocycles. The number of halogens is 1. The van der Waals surface area contributed by atoms with E-state index in [2.05, 4.69) is 32.8 Å². The number of furan rings is 1. The molecule has 8 heteroatoms. The maximum atomic E-state index is 6.11. The second-order valence-corrected chi connectivity index (χ2v) is 10.1. The second-order valence-electron chi connectivity index (χ2n) is 8.67. The Hall–Kier alpha value is -1.80. The van der Waals surface area contributed by atoms with Gasteiger partial charge in [-0.25, -0.2) is 0 Å². The van der Waals surface area contributed by atoms with Crippen molar-refractivity contribution < 1.29 is 9.15 Å². The predicted octanol–water partition coefficient (Wildman–Crippen LogP) is 5.38. The zero-order valence-electron chi connectivity index (χ0n) is 18.4. The fourth-order valence-electron chi connectivity index (χ4n) is 4.58. The number of aromatic nitrogens is 3. The van der Waals surface area contributed by atoms with Crippen molar-refractivity contribution in [2.45, 2.75) is 49.4 Å². The van der Waals surface area contributed by atoms with Crippen LogP contribution in [-0.2, 0) is 18.3 Å². The first-order chi connectivity index (χ1) is 15.7. The first kappa shape index (κ1) is 22.0. The molecule has 5 rings (SSSR count). The highest BCUT2D eigenvalue weighted by Gasteiger charge is 2.26. The van der Waals surface area contributed by atoms with Gasteiger partial charge in [-0.15, -0.1) is 10.2 Å². The number of rotatable bonds is 7. The molecule has 3 aromatic rings. The molecule has 2 fully saturated rings. The number of hydrogen-bond donors (Lipinski definition) is 0. The molecule has 1 atom stereocenters. The van der Waals surface area contributed by atoms with Gasteiger partial charge >= 0.3 is 0 Å². The van der Waals surface area contributed by atoms with Gasteiger partial charge in [-0.3, -0.25) is 4.90 Å². The summed E-state index contributed by atoms with van der Waals surface area (Å²) in [4.78, 5) is 2.46. The van der Waals surface area contributed by atoms with Gasteiger partial charge in [0.1, 0.15) is 17.3 Å². The number of hydrogen-bond acceptors (Lipinski definition) is 6. The van der Waals surface area contributed by atoms with Gasteiger partial charge in [0.2, 0.25) is 0 Å². The van der Waals surface area contributed by atoms with Crippen LogP contribution in [0, 0.1) is 0 Å². The Morgan fingerprint density at radius 3 is 2.78 bits per heavy atom. The first-order valence-electron chi connectivity index (χ1n) is 11.4. The van der Waals surface area contributed by atoms with Crippen LogP contribution in [0.25, 0.3) is 11.3 Å². The molecule has 0 N–H and O–H groups in total. The van der Waals surface area contributed by atoms with Gasteiger partial charge < -0.3 is 13.7 Å². The van der Waals surface area contributed by atoms with E-state index in [0.29, 0.717) is 12.0 Å². The van der Waals surface area contributed by atoms with Crippen molar-refractivity contribution in [2.24, 2.45) is 7.05 Å². The molecule has 0 saturated carbocycles. The van der Waals surface area contributed by atoms with Gasteiger partial charge in [-0.1, -0.05) is 35.5 Å². The van der Waals surface area contributed by atoms with Crippen molar-refractivity contribution in [1.29, 1.82) is 0 Å². The molecule has 0 amide bonds. The number of thioether (sulfide) groups is 1. The molecule has 2 aliphatic rings. The van der Waals surface area contributed by atoms with Crippen molar-refractivity contribution in [3.63, 3.8) is 0 Å². The summed E-state index contributed by atoms with van der Waals surface area (Å²) < 4.78 is 14.0. The monoisotopic (exact) mass is 472 g/mol. The lowest BCUT2D eigenvalue weighted by Crippen LogP contribution is -2.33. The number of likely N-dealkylation sites (tertiary alicyclic amines) is 1. The normalized spacial score (nSPS) is 20.2. The Morgan fingerprint density at radius 2 is 2.00 bits per heavy atom. The molecular formula is C24H29ClN4O2S. The highest BCUT2D eigenvalue weighted by atomic mass is 35.5. The number of piperidine rings is 1. The highest BCUT2D eigenvalue weighted by molar-refractivity contribution is 7.99. The average molecular weight is 473 g/mol. The fourth-order valence-corrected chi connectivity index (χ4v) is 5.75. The summed E-state index contributed by atoms with van der Waals surface area (Å²) in [7, 11) is 2.10. The van der Waals surface area contributed by atoms with E-state index in [9.17, 15) is 0 Å². The third-order valence-electron chi connectivity index (χ3n) is 6.39. The topological polar surface area (TPSA) is 56.3 Å². The summed E-state index contributed by atoms with van der Waals surface area (Å²) in [5.74, 6) is 4.39. The second kappa shape index (κ2) is 10.00. The molecule has 0 radical (unpaired) electrons. The molecule has 4 heterocycles. The van der Waals surface area contributed by atoms with Crippen LogP contribution in [0.1, 0.15) is 43.2 Å². The SMILES string of the molecule is Cn1c(SC[C@@H]2CCCO2)nnc1C1CCN(Cc2ccc(-c3cccc(Cl)c3)o2)CC1. The fraction of sp³-hybridized carbons (Fsp3) is 0.500. The Balaban J connectivity index is 1.14. The Kier molecular flexibility index (Phi) is 6.88. The minimum Gasteiger partial charge on any atom is -0.460 e. The molecule has 0 bridgehead atoms. The van der Waals surface area contributed by atoms with E-state index in [-0.39, 0.29) is 0 Å². The molecule has 2 aliphatic heterocycles. The smallest absolute Gasteiger partial charge is 0.191 e. The molecule has 6 nitrogen and oxygen atoms in total. The summed E-state index contributed by atoms with van der Waals surface area (Å²) in [6.45, 7) is 3.79. The molecule has 32 heavy (non-hydrogen) atoms. The molecule has 0 spiro atoms. The number of ether oxygens (including phenoxy) is 1. The summed E-state index contributed by atoms with van der Waals surface area (Å²) in [5, 5.41) is 10.7. The summed E-state index contributed by atoms with van der Waals surface area (Å²) in [6.07, 6.45) is 4.87. The van der Waals surface area contributed by atoms with Crippen LogP contribution in [0.3, 0.4) is 0 Å². The van der Waals surface area contributed by atoms with Crippen LogP contribution in [0.4, 0.5) is 0 Å². The van der Waals surface area contributed by atoms with Gasteiger partial charge in [-0.2, -0.15) is 0 Å².